The minimum atomic E-state index is -0.510. The number of ether oxygens (including phenoxy) is 1. The lowest BCUT2D eigenvalue weighted by Crippen LogP contribution is -2.42. The van der Waals surface area contributed by atoms with Gasteiger partial charge in [0.1, 0.15) is 5.60 Å². The summed E-state index contributed by atoms with van der Waals surface area (Å²) in [5, 5.41) is 0. The van der Waals surface area contributed by atoms with Crippen LogP contribution in [0.15, 0.2) is 0 Å². The molecule has 16 heavy (non-hydrogen) atoms. The first-order chi connectivity index (χ1) is 7.20. The second kappa shape index (κ2) is 4.44. The van der Waals surface area contributed by atoms with E-state index in [-0.39, 0.29) is 17.9 Å². The van der Waals surface area contributed by atoms with Crippen LogP contribution in [0.25, 0.3) is 0 Å². The van der Waals surface area contributed by atoms with Crippen molar-refractivity contribution in [2.75, 3.05) is 6.54 Å². The molecule has 1 saturated heterocycles. The van der Waals surface area contributed by atoms with Crippen molar-refractivity contribution in [3.63, 3.8) is 0 Å². The number of nitrogens with zero attached hydrogens (tertiary/aromatic N) is 1. The van der Waals surface area contributed by atoms with Crippen LogP contribution >= 0.6 is 0 Å². The van der Waals surface area contributed by atoms with E-state index in [0.29, 0.717) is 12.5 Å². The van der Waals surface area contributed by atoms with Crippen LogP contribution < -0.4 is 0 Å². The van der Waals surface area contributed by atoms with Crippen LogP contribution in [0.1, 0.15) is 41.0 Å². The fourth-order valence-corrected chi connectivity index (χ4v) is 1.95. The molecule has 0 aromatic heterocycles. The van der Waals surface area contributed by atoms with Gasteiger partial charge in [-0.15, -0.1) is 0 Å². The Labute approximate surface area is 96.9 Å². The SMILES string of the molecule is CC(=O)C1CC(C)CN1C(=O)OC(C)(C)C. The fraction of sp³-hybridized carbons (Fsp3) is 0.833. The summed E-state index contributed by atoms with van der Waals surface area (Å²) < 4.78 is 5.29. The zero-order valence-corrected chi connectivity index (χ0v) is 10.7. The number of rotatable bonds is 1. The van der Waals surface area contributed by atoms with Crippen LogP contribution in [0.2, 0.25) is 0 Å². The van der Waals surface area contributed by atoms with E-state index in [2.05, 4.69) is 0 Å². The molecule has 1 amide bonds. The molecule has 0 aromatic rings. The lowest BCUT2D eigenvalue weighted by molar-refractivity contribution is -0.121. The molecular weight excluding hydrogens is 206 g/mol. The first kappa shape index (κ1) is 13.0. The number of hydrogen-bond donors (Lipinski definition) is 0. The molecule has 1 fully saturated rings. The molecule has 0 aliphatic carbocycles. The first-order valence-electron chi connectivity index (χ1n) is 5.71. The molecule has 92 valence electrons. The highest BCUT2D eigenvalue weighted by Gasteiger charge is 2.37. The summed E-state index contributed by atoms with van der Waals surface area (Å²) in [6.45, 7) is 9.66. The van der Waals surface area contributed by atoms with E-state index in [9.17, 15) is 9.59 Å². The quantitative estimate of drug-likeness (QED) is 0.690. The molecule has 1 aliphatic rings. The van der Waals surface area contributed by atoms with Gasteiger partial charge in [-0.3, -0.25) is 9.69 Å². The normalized spacial score (nSPS) is 25.7. The Morgan fingerprint density at radius 1 is 1.31 bits per heavy atom. The Morgan fingerprint density at radius 2 is 1.88 bits per heavy atom. The van der Waals surface area contributed by atoms with E-state index in [0.717, 1.165) is 6.42 Å². The van der Waals surface area contributed by atoms with Crippen molar-refractivity contribution in [1.29, 1.82) is 0 Å². The number of likely N-dealkylation sites (tertiary alicyclic amines) is 1. The third-order valence-electron chi connectivity index (χ3n) is 2.61. The molecule has 2 unspecified atom stereocenters. The van der Waals surface area contributed by atoms with Crippen molar-refractivity contribution in [1.82, 2.24) is 4.90 Å². The predicted molar refractivity (Wildman–Crippen MR) is 61.2 cm³/mol. The summed E-state index contributed by atoms with van der Waals surface area (Å²) in [5.41, 5.74) is -0.510. The van der Waals surface area contributed by atoms with E-state index in [4.69, 9.17) is 4.74 Å². The number of carbonyl (C=O) groups is 2. The largest absolute Gasteiger partial charge is 0.444 e. The molecule has 0 saturated carbocycles. The molecule has 4 heteroatoms. The zero-order chi connectivity index (χ0) is 12.5. The predicted octanol–water partition coefficient (Wildman–Crippen LogP) is 2.22. The summed E-state index contributed by atoms with van der Waals surface area (Å²) in [5.74, 6) is 0.400. The number of amides is 1. The van der Waals surface area contributed by atoms with Gasteiger partial charge < -0.3 is 4.74 Å². The van der Waals surface area contributed by atoms with Gasteiger partial charge in [0.15, 0.2) is 5.78 Å². The third-order valence-corrected chi connectivity index (χ3v) is 2.61. The van der Waals surface area contributed by atoms with Crippen LogP contribution in [0.3, 0.4) is 0 Å². The third kappa shape index (κ3) is 3.22. The van der Waals surface area contributed by atoms with Crippen LogP contribution in [-0.2, 0) is 9.53 Å². The standard InChI is InChI=1S/C12H21NO3/c1-8-6-10(9(2)14)13(7-8)11(15)16-12(3,4)5/h8,10H,6-7H2,1-5H3. The average Bonchev–Trinajstić information content (AvgIpc) is 2.44. The van der Waals surface area contributed by atoms with E-state index in [1.807, 2.05) is 27.7 Å². The van der Waals surface area contributed by atoms with Gasteiger partial charge in [0, 0.05) is 6.54 Å². The summed E-state index contributed by atoms with van der Waals surface area (Å²) in [6, 6.07) is -0.301. The maximum Gasteiger partial charge on any atom is 0.410 e. The van der Waals surface area contributed by atoms with Gasteiger partial charge in [0.25, 0.3) is 0 Å². The van der Waals surface area contributed by atoms with Crippen molar-refractivity contribution in [2.45, 2.75) is 52.7 Å². The van der Waals surface area contributed by atoms with Gasteiger partial charge >= 0.3 is 6.09 Å². The average molecular weight is 227 g/mol. The molecule has 0 N–H and O–H groups in total. The van der Waals surface area contributed by atoms with Crippen molar-refractivity contribution in [3.8, 4) is 0 Å². The van der Waals surface area contributed by atoms with E-state index in [1.165, 1.54) is 6.92 Å². The molecule has 4 nitrogen and oxygen atoms in total. The summed E-state index contributed by atoms with van der Waals surface area (Å²) in [6.07, 6.45) is 0.367. The van der Waals surface area contributed by atoms with Gasteiger partial charge in [-0.25, -0.2) is 4.79 Å². The summed E-state index contributed by atoms with van der Waals surface area (Å²) in [4.78, 5) is 24.8. The Hall–Kier alpha value is -1.06. The molecule has 0 radical (unpaired) electrons. The van der Waals surface area contributed by atoms with Crippen LogP contribution in [0.4, 0.5) is 4.79 Å². The molecule has 0 spiro atoms. The number of Topliss-reactive ketones (excluding diaryl/α,β-unsaturated/α-hetero) is 1. The van der Waals surface area contributed by atoms with Gasteiger partial charge in [0.2, 0.25) is 0 Å². The fourth-order valence-electron chi connectivity index (χ4n) is 1.95. The molecule has 1 aliphatic heterocycles. The molecule has 1 heterocycles. The Kier molecular flexibility index (Phi) is 3.61. The number of carbonyl (C=O) groups excluding carboxylic acids is 2. The second-order valence-electron chi connectivity index (χ2n) is 5.60. The molecule has 0 aromatic carbocycles. The summed E-state index contributed by atoms with van der Waals surface area (Å²) >= 11 is 0. The molecule has 1 rings (SSSR count). The minimum absolute atomic E-state index is 0.0372. The highest BCUT2D eigenvalue weighted by atomic mass is 16.6. The van der Waals surface area contributed by atoms with Crippen LogP contribution in [0, 0.1) is 5.92 Å². The van der Waals surface area contributed by atoms with Crippen molar-refractivity contribution in [3.05, 3.63) is 0 Å². The smallest absolute Gasteiger partial charge is 0.410 e. The Balaban J connectivity index is 2.71. The van der Waals surface area contributed by atoms with Crippen molar-refractivity contribution in [2.24, 2.45) is 5.92 Å². The number of hydrogen-bond acceptors (Lipinski definition) is 3. The molecular formula is C12H21NO3. The van der Waals surface area contributed by atoms with E-state index >= 15 is 0 Å². The van der Waals surface area contributed by atoms with Gasteiger partial charge in [-0.1, -0.05) is 6.92 Å². The van der Waals surface area contributed by atoms with Gasteiger partial charge in [-0.2, -0.15) is 0 Å². The minimum Gasteiger partial charge on any atom is -0.444 e. The second-order valence-corrected chi connectivity index (χ2v) is 5.60. The Bertz CT molecular complexity index is 293. The Morgan fingerprint density at radius 3 is 2.31 bits per heavy atom. The molecule has 2 atom stereocenters. The van der Waals surface area contributed by atoms with Gasteiger partial charge in [0.05, 0.1) is 6.04 Å². The zero-order valence-electron chi connectivity index (χ0n) is 10.7. The monoisotopic (exact) mass is 227 g/mol. The first-order valence-corrected chi connectivity index (χ1v) is 5.71. The van der Waals surface area contributed by atoms with E-state index < -0.39 is 5.60 Å². The highest BCUT2D eigenvalue weighted by molar-refractivity contribution is 5.86. The van der Waals surface area contributed by atoms with Gasteiger partial charge in [-0.05, 0) is 40.0 Å². The summed E-state index contributed by atoms with van der Waals surface area (Å²) in [7, 11) is 0. The highest BCUT2D eigenvalue weighted by Crippen LogP contribution is 2.25. The maximum atomic E-state index is 11.9. The molecule has 0 bridgehead atoms. The topological polar surface area (TPSA) is 46.6 Å². The number of ketones is 1. The van der Waals surface area contributed by atoms with E-state index in [1.54, 1.807) is 4.90 Å². The maximum absolute atomic E-state index is 11.9. The van der Waals surface area contributed by atoms with Crippen LogP contribution in [0.5, 0.6) is 0 Å². The van der Waals surface area contributed by atoms with Crippen LogP contribution in [-0.4, -0.2) is 35.0 Å². The lowest BCUT2D eigenvalue weighted by atomic mass is 10.1. The lowest BCUT2D eigenvalue weighted by Gasteiger charge is -2.27. The van der Waals surface area contributed by atoms with Crippen molar-refractivity contribution >= 4 is 11.9 Å². The van der Waals surface area contributed by atoms with Crippen molar-refractivity contribution < 1.29 is 14.3 Å².